The van der Waals surface area contributed by atoms with E-state index < -0.39 is 12.1 Å². The van der Waals surface area contributed by atoms with Crippen molar-refractivity contribution in [3.63, 3.8) is 0 Å². The van der Waals surface area contributed by atoms with Crippen molar-refractivity contribution < 1.29 is 10.2 Å². The average Bonchev–Trinajstić information content (AvgIpc) is 3.09. The van der Waals surface area contributed by atoms with E-state index >= 15 is 0 Å². The monoisotopic (exact) mass is 448 g/mol. The minimum absolute atomic E-state index is 0.141. The van der Waals surface area contributed by atoms with E-state index in [1.165, 1.54) is 0 Å². The molecule has 0 fully saturated rings. The number of nitrogens with one attached hydrogen (secondary N) is 2. The van der Waals surface area contributed by atoms with Crippen molar-refractivity contribution in [3.8, 4) is 0 Å². The summed E-state index contributed by atoms with van der Waals surface area (Å²) < 4.78 is 2.73. The van der Waals surface area contributed by atoms with Gasteiger partial charge in [0.1, 0.15) is 5.82 Å². The summed E-state index contributed by atoms with van der Waals surface area (Å²) in [6.07, 6.45) is -0.729. The molecule has 1 aromatic carbocycles. The van der Waals surface area contributed by atoms with Crippen LogP contribution in [0.5, 0.6) is 0 Å². The van der Waals surface area contributed by atoms with E-state index in [-0.39, 0.29) is 12.5 Å². The third kappa shape index (κ3) is 4.60. The Morgan fingerprint density at radius 1 is 1.14 bits per heavy atom. The molecule has 9 heteroatoms. The summed E-state index contributed by atoms with van der Waals surface area (Å²) in [5.74, 6) is 1.40. The molecule has 150 valence electrons. The fourth-order valence-corrected chi connectivity index (χ4v) is 3.03. The third-order valence-corrected chi connectivity index (χ3v) is 4.95. The van der Waals surface area contributed by atoms with Gasteiger partial charge in [0.15, 0.2) is 5.82 Å². The molecule has 0 saturated carbocycles. The first kappa shape index (κ1) is 20.5. The number of hydrogen-bond donors (Lipinski definition) is 4. The average molecular weight is 449 g/mol. The highest BCUT2D eigenvalue weighted by Gasteiger charge is 2.18. The first-order valence-electron chi connectivity index (χ1n) is 9.19. The molecule has 2 heterocycles. The second-order valence-electron chi connectivity index (χ2n) is 7.05. The molecule has 0 aliphatic heterocycles. The summed E-state index contributed by atoms with van der Waals surface area (Å²) in [6, 6.07) is 9.35. The zero-order valence-corrected chi connectivity index (χ0v) is 17.7. The summed E-state index contributed by atoms with van der Waals surface area (Å²) in [5.41, 5.74) is 2.51. The van der Waals surface area contributed by atoms with Crippen LogP contribution in [-0.2, 0) is 6.54 Å². The van der Waals surface area contributed by atoms with Crippen molar-refractivity contribution in [1.29, 1.82) is 0 Å². The lowest BCUT2D eigenvalue weighted by atomic mass is 10.2. The SMILES string of the molecule is CC(C)c1nnc2c(NCc3ccc(Br)cc3)cc(N[C@H](CO)[C@@H](C)O)nn12. The number of anilines is 2. The Kier molecular flexibility index (Phi) is 6.48. The Morgan fingerprint density at radius 2 is 1.86 bits per heavy atom. The maximum Gasteiger partial charge on any atom is 0.201 e. The molecule has 8 nitrogen and oxygen atoms in total. The first-order valence-corrected chi connectivity index (χ1v) is 9.98. The molecule has 0 aliphatic rings. The number of hydrogen-bond acceptors (Lipinski definition) is 7. The first-order chi connectivity index (χ1) is 13.4. The van der Waals surface area contributed by atoms with Gasteiger partial charge in [-0.05, 0) is 24.6 Å². The molecule has 2 aromatic heterocycles. The Balaban J connectivity index is 1.95. The standard InChI is InChI=1S/C19H25BrN6O2/c1-11(2)18-23-24-19-15(21-9-13-4-6-14(20)7-5-13)8-17(25-26(18)19)22-16(10-27)12(3)28/h4-8,11-12,16,21,27-28H,9-10H2,1-3H3,(H,22,25)/t12-,16-/m1/s1. The molecule has 0 saturated heterocycles. The molecule has 0 amide bonds. The topological polar surface area (TPSA) is 108 Å². The lowest BCUT2D eigenvalue weighted by Gasteiger charge is -2.20. The Hall–Kier alpha value is -2.23. The Bertz CT molecular complexity index is 926. The van der Waals surface area contributed by atoms with Crippen molar-refractivity contribution in [2.75, 3.05) is 17.2 Å². The molecule has 28 heavy (non-hydrogen) atoms. The van der Waals surface area contributed by atoms with Crippen molar-refractivity contribution in [2.45, 2.75) is 45.4 Å². The number of fused-ring (bicyclic) bond motifs is 1. The van der Waals surface area contributed by atoms with Gasteiger partial charge in [0.2, 0.25) is 5.65 Å². The van der Waals surface area contributed by atoms with Gasteiger partial charge < -0.3 is 20.8 Å². The molecule has 0 unspecified atom stereocenters. The number of halogens is 1. The number of aliphatic hydroxyl groups excluding tert-OH is 2. The zero-order valence-electron chi connectivity index (χ0n) is 16.1. The lowest BCUT2D eigenvalue weighted by Crippen LogP contribution is -2.35. The minimum Gasteiger partial charge on any atom is -0.394 e. The fourth-order valence-electron chi connectivity index (χ4n) is 2.77. The van der Waals surface area contributed by atoms with Crippen LogP contribution in [0.1, 0.15) is 38.1 Å². The van der Waals surface area contributed by atoms with E-state index in [2.05, 4.69) is 41.9 Å². The van der Waals surface area contributed by atoms with E-state index in [0.29, 0.717) is 18.0 Å². The van der Waals surface area contributed by atoms with Crippen molar-refractivity contribution in [3.05, 3.63) is 46.2 Å². The van der Waals surface area contributed by atoms with Gasteiger partial charge in [0, 0.05) is 23.0 Å². The van der Waals surface area contributed by atoms with Crippen molar-refractivity contribution >= 4 is 33.1 Å². The summed E-state index contributed by atoms with van der Waals surface area (Å²) in [7, 11) is 0. The molecule has 0 bridgehead atoms. The van der Waals surface area contributed by atoms with Crippen LogP contribution < -0.4 is 10.6 Å². The van der Waals surface area contributed by atoms with Crippen molar-refractivity contribution in [2.24, 2.45) is 0 Å². The predicted molar refractivity (Wildman–Crippen MR) is 113 cm³/mol. The highest BCUT2D eigenvalue weighted by Crippen LogP contribution is 2.23. The Morgan fingerprint density at radius 3 is 2.46 bits per heavy atom. The van der Waals surface area contributed by atoms with Gasteiger partial charge in [-0.15, -0.1) is 15.3 Å². The number of rotatable bonds is 8. The third-order valence-electron chi connectivity index (χ3n) is 4.42. The highest BCUT2D eigenvalue weighted by atomic mass is 79.9. The van der Waals surface area contributed by atoms with Gasteiger partial charge >= 0.3 is 0 Å². The fraction of sp³-hybridized carbons (Fsp3) is 0.421. The van der Waals surface area contributed by atoms with Gasteiger partial charge in [0.25, 0.3) is 0 Å². The van der Waals surface area contributed by atoms with Crippen LogP contribution in [0, 0.1) is 0 Å². The molecule has 0 spiro atoms. The molecule has 3 aromatic rings. The highest BCUT2D eigenvalue weighted by molar-refractivity contribution is 9.10. The van der Waals surface area contributed by atoms with Crippen LogP contribution in [0.15, 0.2) is 34.8 Å². The van der Waals surface area contributed by atoms with Crippen LogP contribution in [0.4, 0.5) is 11.5 Å². The van der Waals surface area contributed by atoms with Crippen LogP contribution in [0.25, 0.3) is 5.65 Å². The summed E-state index contributed by atoms with van der Waals surface area (Å²) in [6.45, 7) is 6.07. The summed E-state index contributed by atoms with van der Waals surface area (Å²) >= 11 is 3.44. The normalized spacial score (nSPS) is 13.7. The number of aliphatic hydroxyl groups is 2. The van der Waals surface area contributed by atoms with E-state index in [1.807, 2.05) is 44.2 Å². The van der Waals surface area contributed by atoms with Crippen LogP contribution in [0.2, 0.25) is 0 Å². The minimum atomic E-state index is -0.729. The Labute approximate surface area is 172 Å². The quantitative estimate of drug-likeness (QED) is 0.419. The largest absolute Gasteiger partial charge is 0.394 e. The van der Waals surface area contributed by atoms with Gasteiger partial charge in [-0.25, -0.2) is 0 Å². The number of benzene rings is 1. The van der Waals surface area contributed by atoms with Crippen molar-refractivity contribution in [1.82, 2.24) is 19.8 Å². The maximum absolute atomic E-state index is 9.83. The smallest absolute Gasteiger partial charge is 0.201 e. The number of nitrogens with zero attached hydrogens (tertiary/aromatic N) is 4. The van der Waals surface area contributed by atoms with Gasteiger partial charge in [-0.2, -0.15) is 4.52 Å². The van der Waals surface area contributed by atoms with Crippen LogP contribution in [-0.4, -0.2) is 48.8 Å². The summed E-state index contributed by atoms with van der Waals surface area (Å²) in [5, 5.41) is 39.0. The summed E-state index contributed by atoms with van der Waals surface area (Å²) in [4.78, 5) is 0. The van der Waals surface area contributed by atoms with Crippen LogP contribution >= 0.6 is 15.9 Å². The van der Waals surface area contributed by atoms with Gasteiger partial charge in [-0.3, -0.25) is 0 Å². The van der Waals surface area contributed by atoms with E-state index in [1.54, 1.807) is 11.4 Å². The second kappa shape index (κ2) is 8.85. The molecule has 0 radical (unpaired) electrons. The van der Waals surface area contributed by atoms with Gasteiger partial charge in [-0.1, -0.05) is 41.9 Å². The molecular weight excluding hydrogens is 424 g/mol. The van der Waals surface area contributed by atoms with Gasteiger partial charge in [0.05, 0.1) is 24.4 Å². The predicted octanol–water partition coefficient (Wildman–Crippen LogP) is 2.78. The molecular formula is C19H25BrN6O2. The number of aromatic nitrogens is 4. The lowest BCUT2D eigenvalue weighted by molar-refractivity contribution is 0.132. The molecule has 3 rings (SSSR count). The molecule has 2 atom stereocenters. The molecule has 4 N–H and O–H groups in total. The van der Waals surface area contributed by atoms with E-state index in [0.717, 1.165) is 21.5 Å². The van der Waals surface area contributed by atoms with Crippen LogP contribution in [0.3, 0.4) is 0 Å². The maximum atomic E-state index is 9.83. The second-order valence-corrected chi connectivity index (χ2v) is 7.96. The van der Waals surface area contributed by atoms with E-state index in [4.69, 9.17) is 0 Å². The molecule has 0 aliphatic carbocycles. The van der Waals surface area contributed by atoms with E-state index in [9.17, 15) is 10.2 Å². The zero-order chi connectivity index (χ0) is 20.3.